The van der Waals surface area contributed by atoms with Crippen molar-refractivity contribution in [2.45, 2.75) is 13.1 Å². The molecule has 2 N–H and O–H groups in total. The summed E-state index contributed by atoms with van der Waals surface area (Å²) in [4.78, 5) is 0. The van der Waals surface area contributed by atoms with E-state index in [-0.39, 0.29) is 11.4 Å². The minimum absolute atomic E-state index is 0.0686. The van der Waals surface area contributed by atoms with Crippen LogP contribution in [0.2, 0.25) is 0 Å². The number of benzene rings is 2. The molecule has 0 spiro atoms. The van der Waals surface area contributed by atoms with Gasteiger partial charge in [0, 0.05) is 5.56 Å². The van der Waals surface area contributed by atoms with E-state index in [1.807, 2.05) is 31.2 Å². The lowest BCUT2D eigenvalue weighted by atomic mass is 9.99. The largest absolute Gasteiger partial charge is 0.481 e. The molecule has 0 atom stereocenters. The molecule has 0 aliphatic carbocycles. The fourth-order valence-corrected chi connectivity index (χ4v) is 1.96. The molecular weight excluding hydrogens is 267 g/mol. The zero-order valence-corrected chi connectivity index (χ0v) is 10.9. The Balaban J connectivity index is 2.44. The van der Waals surface area contributed by atoms with Crippen LogP contribution in [0.15, 0.2) is 42.5 Å². The minimum atomic E-state index is -4.40. The number of rotatable bonds is 3. The first-order chi connectivity index (χ1) is 9.38. The lowest BCUT2D eigenvalue weighted by molar-refractivity contribution is -0.153. The number of para-hydroxylation sites is 1. The highest BCUT2D eigenvalue weighted by Gasteiger charge is 2.29. The van der Waals surface area contributed by atoms with Gasteiger partial charge in [-0.25, -0.2) is 0 Å². The van der Waals surface area contributed by atoms with E-state index in [4.69, 9.17) is 10.5 Å². The predicted molar refractivity (Wildman–Crippen MR) is 72.6 cm³/mol. The molecule has 0 aliphatic heterocycles. The molecule has 0 heterocycles. The van der Waals surface area contributed by atoms with Gasteiger partial charge in [0.15, 0.2) is 6.61 Å². The summed E-state index contributed by atoms with van der Waals surface area (Å²) in [6, 6.07) is 12.3. The Morgan fingerprint density at radius 2 is 1.65 bits per heavy atom. The normalized spacial score (nSPS) is 11.4. The van der Waals surface area contributed by atoms with E-state index < -0.39 is 12.8 Å². The maximum atomic E-state index is 12.3. The fourth-order valence-electron chi connectivity index (χ4n) is 1.96. The molecule has 2 nitrogen and oxygen atoms in total. The fraction of sp³-hybridized carbons (Fsp3) is 0.200. The summed E-state index contributed by atoms with van der Waals surface area (Å²) in [6.07, 6.45) is -4.40. The summed E-state index contributed by atoms with van der Waals surface area (Å²) < 4.78 is 41.9. The van der Waals surface area contributed by atoms with Crippen LogP contribution in [0.5, 0.6) is 5.75 Å². The van der Waals surface area contributed by atoms with Gasteiger partial charge in [-0.05, 0) is 24.1 Å². The van der Waals surface area contributed by atoms with Crippen LogP contribution in [0.1, 0.15) is 5.56 Å². The van der Waals surface area contributed by atoms with Gasteiger partial charge >= 0.3 is 6.18 Å². The summed E-state index contributed by atoms with van der Waals surface area (Å²) in [5.41, 5.74) is 8.24. The van der Waals surface area contributed by atoms with Crippen molar-refractivity contribution in [2.24, 2.45) is 0 Å². The topological polar surface area (TPSA) is 35.2 Å². The van der Waals surface area contributed by atoms with Crippen LogP contribution >= 0.6 is 0 Å². The van der Waals surface area contributed by atoms with Crippen molar-refractivity contribution >= 4 is 5.69 Å². The number of alkyl halides is 3. The van der Waals surface area contributed by atoms with Gasteiger partial charge in [0.25, 0.3) is 0 Å². The number of ether oxygens (including phenoxy) is 1. The number of nitrogens with two attached hydrogens (primary N) is 1. The highest BCUT2D eigenvalue weighted by atomic mass is 19.4. The van der Waals surface area contributed by atoms with Crippen molar-refractivity contribution in [1.29, 1.82) is 0 Å². The van der Waals surface area contributed by atoms with Crippen molar-refractivity contribution in [3.8, 4) is 16.9 Å². The number of aryl methyl sites for hydroxylation is 1. The summed E-state index contributed by atoms with van der Waals surface area (Å²) in [6.45, 7) is 0.520. The summed E-state index contributed by atoms with van der Waals surface area (Å²) in [5, 5.41) is 0. The molecule has 0 radical (unpaired) electrons. The second-order valence-corrected chi connectivity index (χ2v) is 4.44. The molecule has 0 saturated carbocycles. The Morgan fingerprint density at radius 1 is 1.00 bits per heavy atom. The molecule has 0 aliphatic rings. The van der Waals surface area contributed by atoms with E-state index in [1.165, 1.54) is 6.07 Å². The van der Waals surface area contributed by atoms with E-state index >= 15 is 0 Å². The van der Waals surface area contributed by atoms with Crippen LogP contribution in [0, 0.1) is 6.92 Å². The molecule has 0 aromatic heterocycles. The second kappa shape index (κ2) is 5.45. The van der Waals surface area contributed by atoms with Crippen LogP contribution in [0.4, 0.5) is 18.9 Å². The average molecular weight is 281 g/mol. The third-order valence-corrected chi connectivity index (χ3v) is 2.86. The van der Waals surface area contributed by atoms with Crippen LogP contribution in [-0.4, -0.2) is 12.8 Å². The van der Waals surface area contributed by atoms with Gasteiger partial charge in [-0.2, -0.15) is 13.2 Å². The number of hydrogen-bond donors (Lipinski definition) is 1. The SMILES string of the molecule is Cc1ccccc1-c1cccc(N)c1OCC(F)(F)F. The Labute approximate surface area is 115 Å². The maximum Gasteiger partial charge on any atom is 0.422 e. The third-order valence-electron chi connectivity index (χ3n) is 2.86. The predicted octanol–water partition coefficient (Wildman–Crippen LogP) is 4.19. The molecular formula is C15H14F3NO. The van der Waals surface area contributed by atoms with Crippen LogP contribution in [0.3, 0.4) is 0 Å². The minimum Gasteiger partial charge on any atom is -0.481 e. The van der Waals surface area contributed by atoms with Gasteiger partial charge in [-0.15, -0.1) is 0 Å². The second-order valence-electron chi connectivity index (χ2n) is 4.44. The first kappa shape index (κ1) is 14.2. The lowest BCUT2D eigenvalue weighted by Gasteiger charge is -2.16. The zero-order valence-electron chi connectivity index (χ0n) is 10.9. The van der Waals surface area contributed by atoms with Crippen molar-refractivity contribution < 1.29 is 17.9 Å². The Hall–Kier alpha value is -2.17. The molecule has 0 bridgehead atoms. The van der Waals surface area contributed by atoms with Gasteiger partial charge in [-0.1, -0.05) is 36.4 Å². The van der Waals surface area contributed by atoms with Gasteiger partial charge < -0.3 is 10.5 Å². The molecule has 2 aromatic carbocycles. The molecule has 0 fully saturated rings. The van der Waals surface area contributed by atoms with E-state index in [0.29, 0.717) is 5.56 Å². The first-order valence-electron chi connectivity index (χ1n) is 6.02. The van der Waals surface area contributed by atoms with Crippen LogP contribution < -0.4 is 10.5 Å². The smallest absolute Gasteiger partial charge is 0.422 e. The molecule has 2 aromatic rings. The van der Waals surface area contributed by atoms with E-state index in [1.54, 1.807) is 12.1 Å². The van der Waals surface area contributed by atoms with Crippen molar-refractivity contribution in [3.63, 3.8) is 0 Å². The molecule has 20 heavy (non-hydrogen) atoms. The van der Waals surface area contributed by atoms with E-state index in [0.717, 1.165) is 11.1 Å². The van der Waals surface area contributed by atoms with E-state index in [2.05, 4.69) is 0 Å². The zero-order chi connectivity index (χ0) is 14.8. The van der Waals surface area contributed by atoms with Gasteiger partial charge in [-0.3, -0.25) is 0 Å². The van der Waals surface area contributed by atoms with Gasteiger partial charge in [0.1, 0.15) is 5.75 Å². The molecule has 0 unspecified atom stereocenters. The van der Waals surface area contributed by atoms with Gasteiger partial charge in [0.05, 0.1) is 5.69 Å². The number of nitrogen functional groups attached to an aromatic ring is 1. The van der Waals surface area contributed by atoms with Crippen molar-refractivity contribution in [3.05, 3.63) is 48.0 Å². The molecule has 106 valence electrons. The Morgan fingerprint density at radius 3 is 2.30 bits per heavy atom. The average Bonchev–Trinajstić information content (AvgIpc) is 2.36. The Kier molecular flexibility index (Phi) is 3.88. The third kappa shape index (κ3) is 3.23. The molecule has 0 amide bonds. The maximum absolute atomic E-state index is 12.3. The Bertz CT molecular complexity index is 608. The lowest BCUT2D eigenvalue weighted by Crippen LogP contribution is -2.20. The van der Waals surface area contributed by atoms with E-state index in [9.17, 15) is 13.2 Å². The van der Waals surface area contributed by atoms with Crippen molar-refractivity contribution in [1.82, 2.24) is 0 Å². The van der Waals surface area contributed by atoms with Crippen LogP contribution in [-0.2, 0) is 0 Å². The quantitative estimate of drug-likeness (QED) is 0.856. The monoisotopic (exact) mass is 281 g/mol. The molecule has 5 heteroatoms. The van der Waals surface area contributed by atoms with Crippen molar-refractivity contribution in [2.75, 3.05) is 12.3 Å². The van der Waals surface area contributed by atoms with Gasteiger partial charge in [0.2, 0.25) is 0 Å². The summed E-state index contributed by atoms with van der Waals surface area (Å²) in [5.74, 6) is 0.0686. The van der Waals surface area contributed by atoms with Crippen LogP contribution in [0.25, 0.3) is 11.1 Å². The summed E-state index contributed by atoms with van der Waals surface area (Å²) >= 11 is 0. The highest BCUT2D eigenvalue weighted by molar-refractivity contribution is 5.79. The standard InChI is InChI=1S/C15H14F3NO/c1-10-5-2-3-6-11(10)12-7-4-8-13(19)14(12)20-9-15(16,17)18/h2-8H,9,19H2,1H3. The number of anilines is 1. The summed E-state index contributed by atoms with van der Waals surface area (Å²) in [7, 11) is 0. The first-order valence-corrected chi connectivity index (χ1v) is 6.02. The molecule has 2 rings (SSSR count). The highest BCUT2D eigenvalue weighted by Crippen LogP contribution is 2.37. The number of hydrogen-bond acceptors (Lipinski definition) is 2. The molecule has 0 saturated heterocycles. The number of halogens is 3.